The molecule has 0 spiro atoms. The third-order valence-electron chi connectivity index (χ3n) is 3.14. The highest BCUT2D eigenvalue weighted by Crippen LogP contribution is 2.38. The lowest BCUT2D eigenvalue weighted by atomic mass is 10.2. The van der Waals surface area contributed by atoms with Crippen molar-refractivity contribution in [2.45, 2.75) is 32.2 Å². The van der Waals surface area contributed by atoms with Gasteiger partial charge in [0, 0.05) is 18.2 Å². The van der Waals surface area contributed by atoms with Gasteiger partial charge in [0.15, 0.2) is 0 Å². The highest BCUT2D eigenvalue weighted by molar-refractivity contribution is 9.10. The SMILES string of the molecule is Cc1c([N+](=O)[O-])cnc(N(CCC#N)C2CC2)c1Br. The molecule has 0 aliphatic heterocycles. The van der Waals surface area contributed by atoms with Crippen LogP contribution >= 0.6 is 15.9 Å². The van der Waals surface area contributed by atoms with Crippen molar-refractivity contribution in [1.29, 1.82) is 5.26 Å². The van der Waals surface area contributed by atoms with Crippen molar-refractivity contribution in [3.63, 3.8) is 0 Å². The van der Waals surface area contributed by atoms with Crippen molar-refractivity contribution >= 4 is 27.4 Å². The molecule has 6 nitrogen and oxygen atoms in total. The number of aromatic nitrogens is 1. The number of hydrogen-bond donors (Lipinski definition) is 0. The van der Waals surface area contributed by atoms with Crippen molar-refractivity contribution in [3.05, 3.63) is 26.3 Å². The lowest BCUT2D eigenvalue weighted by Gasteiger charge is -2.23. The van der Waals surface area contributed by atoms with Gasteiger partial charge in [-0.3, -0.25) is 10.1 Å². The quantitative estimate of drug-likeness (QED) is 0.614. The van der Waals surface area contributed by atoms with E-state index in [0.29, 0.717) is 34.9 Å². The highest BCUT2D eigenvalue weighted by atomic mass is 79.9. The third-order valence-corrected chi connectivity index (χ3v) is 4.09. The van der Waals surface area contributed by atoms with E-state index in [-0.39, 0.29) is 5.69 Å². The maximum atomic E-state index is 10.9. The first-order valence-corrected chi connectivity index (χ1v) is 6.78. The van der Waals surface area contributed by atoms with E-state index >= 15 is 0 Å². The molecule has 1 aliphatic carbocycles. The fourth-order valence-corrected chi connectivity index (χ4v) is 2.49. The molecule has 1 aliphatic rings. The molecule has 7 heteroatoms. The average molecular weight is 325 g/mol. The molecular formula is C12H13BrN4O2. The van der Waals surface area contributed by atoms with Crippen molar-refractivity contribution in [2.24, 2.45) is 0 Å². The van der Waals surface area contributed by atoms with E-state index in [4.69, 9.17) is 5.26 Å². The molecule has 100 valence electrons. The summed E-state index contributed by atoms with van der Waals surface area (Å²) < 4.78 is 0.645. The van der Waals surface area contributed by atoms with Crippen LogP contribution in [0, 0.1) is 28.4 Å². The number of nitro groups is 1. The van der Waals surface area contributed by atoms with Crippen LogP contribution in [0.4, 0.5) is 11.5 Å². The Kier molecular flexibility index (Phi) is 4.00. The van der Waals surface area contributed by atoms with E-state index < -0.39 is 4.92 Å². The number of hydrogen-bond acceptors (Lipinski definition) is 5. The zero-order chi connectivity index (χ0) is 14.0. The molecule has 1 heterocycles. The largest absolute Gasteiger partial charge is 0.352 e. The molecule has 0 radical (unpaired) electrons. The van der Waals surface area contributed by atoms with Gasteiger partial charge in [-0.15, -0.1) is 0 Å². The van der Waals surface area contributed by atoms with Gasteiger partial charge in [-0.25, -0.2) is 4.98 Å². The minimum Gasteiger partial charge on any atom is -0.352 e. The van der Waals surface area contributed by atoms with Crippen LogP contribution in [0.1, 0.15) is 24.8 Å². The average Bonchev–Trinajstić information content (AvgIpc) is 3.18. The summed E-state index contributed by atoms with van der Waals surface area (Å²) in [5, 5.41) is 19.6. The van der Waals surface area contributed by atoms with Crippen LogP contribution in [0.25, 0.3) is 0 Å². The second kappa shape index (κ2) is 5.53. The van der Waals surface area contributed by atoms with E-state index in [1.165, 1.54) is 6.20 Å². The van der Waals surface area contributed by atoms with Gasteiger partial charge in [0.1, 0.15) is 12.0 Å². The van der Waals surface area contributed by atoms with Crippen LogP contribution in [0.5, 0.6) is 0 Å². The zero-order valence-corrected chi connectivity index (χ0v) is 12.1. The summed E-state index contributed by atoms with van der Waals surface area (Å²) in [4.78, 5) is 16.7. The summed E-state index contributed by atoms with van der Waals surface area (Å²) in [7, 11) is 0. The maximum Gasteiger partial charge on any atom is 0.291 e. The molecule has 0 aromatic carbocycles. The Labute approximate surface area is 119 Å². The topological polar surface area (TPSA) is 83.1 Å². The molecule has 0 amide bonds. The van der Waals surface area contributed by atoms with Crippen LogP contribution < -0.4 is 4.90 Å². The molecule has 0 N–H and O–H groups in total. The first kappa shape index (κ1) is 13.7. The van der Waals surface area contributed by atoms with Gasteiger partial charge < -0.3 is 4.90 Å². The van der Waals surface area contributed by atoms with Crippen LogP contribution in [-0.4, -0.2) is 22.5 Å². The number of pyridine rings is 1. The lowest BCUT2D eigenvalue weighted by Crippen LogP contribution is -2.28. The number of anilines is 1. The number of nitrogens with zero attached hydrogens (tertiary/aromatic N) is 4. The van der Waals surface area contributed by atoms with Crippen molar-refractivity contribution < 1.29 is 4.92 Å². The number of nitriles is 1. The van der Waals surface area contributed by atoms with Crippen LogP contribution in [0.2, 0.25) is 0 Å². The summed E-state index contributed by atoms with van der Waals surface area (Å²) in [5.41, 5.74) is 0.573. The molecule has 1 aromatic heterocycles. The minimum atomic E-state index is -0.437. The first-order chi connectivity index (χ1) is 9.06. The second-order valence-corrected chi connectivity index (χ2v) is 5.29. The van der Waals surface area contributed by atoms with Crippen molar-refractivity contribution in [2.75, 3.05) is 11.4 Å². The van der Waals surface area contributed by atoms with Crippen molar-refractivity contribution in [1.82, 2.24) is 4.98 Å². The molecular weight excluding hydrogens is 312 g/mol. The Balaban J connectivity index is 2.35. The van der Waals surface area contributed by atoms with Gasteiger partial charge in [-0.1, -0.05) is 0 Å². The lowest BCUT2D eigenvalue weighted by molar-refractivity contribution is -0.385. The Morgan fingerprint density at radius 3 is 2.89 bits per heavy atom. The summed E-state index contributed by atoms with van der Waals surface area (Å²) in [6, 6.07) is 2.52. The number of halogens is 1. The van der Waals surface area contributed by atoms with Gasteiger partial charge >= 0.3 is 0 Å². The van der Waals surface area contributed by atoms with Gasteiger partial charge in [-0.05, 0) is 35.7 Å². The Hall–Kier alpha value is -1.68. The molecule has 0 bridgehead atoms. The van der Waals surface area contributed by atoms with Gasteiger partial charge in [-0.2, -0.15) is 5.26 Å². The van der Waals surface area contributed by atoms with Gasteiger partial charge in [0.25, 0.3) is 5.69 Å². The predicted molar refractivity (Wildman–Crippen MR) is 73.9 cm³/mol. The monoisotopic (exact) mass is 324 g/mol. The molecule has 1 saturated carbocycles. The van der Waals surface area contributed by atoms with E-state index in [2.05, 4.69) is 31.9 Å². The van der Waals surface area contributed by atoms with Gasteiger partial charge in [0.2, 0.25) is 0 Å². The maximum absolute atomic E-state index is 10.9. The predicted octanol–water partition coefficient (Wildman–Crippen LogP) is 2.94. The fraction of sp³-hybridized carbons (Fsp3) is 0.500. The Morgan fingerprint density at radius 2 is 2.37 bits per heavy atom. The van der Waals surface area contributed by atoms with E-state index in [1.54, 1.807) is 6.92 Å². The molecule has 19 heavy (non-hydrogen) atoms. The zero-order valence-electron chi connectivity index (χ0n) is 10.5. The summed E-state index contributed by atoms with van der Waals surface area (Å²) in [6.07, 6.45) is 3.86. The molecule has 0 atom stereocenters. The van der Waals surface area contributed by atoms with E-state index in [1.807, 2.05) is 0 Å². The summed E-state index contributed by atoms with van der Waals surface area (Å²) >= 11 is 3.40. The van der Waals surface area contributed by atoms with Crippen LogP contribution in [0.3, 0.4) is 0 Å². The summed E-state index contributed by atoms with van der Waals surface area (Å²) in [5.74, 6) is 0.695. The first-order valence-electron chi connectivity index (χ1n) is 5.99. The standard InChI is InChI=1S/C12H13BrN4O2/c1-8-10(17(18)19)7-15-12(11(8)13)16(6-2-5-14)9-3-4-9/h7,9H,2-4,6H2,1H3. The molecule has 1 aromatic rings. The molecule has 0 saturated heterocycles. The minimum absolute atomic E-state index is 0.00616. The second-order valence-electron chi connectivity index (χ2n) is 4.50. The van der Waals surface area contributed by atoms with Crippen molar-refractivity contribution in [3.8, 4) is 6.07 Å². The van der Waals surface area contributed by atoms with Gasteiger partial charge in [0.05, 0.1) is 21.9 Å². The Morgan fingerprint density at radius 1 is 1.68 bits per heavy atom. The fourth-order valence-electron chi connectivity index (χ4n) is 1.96. The molecule has 1 fully saturated rings. The normalized spacial score (nSPS) is 13.9. The molecule has 2 rings (SSSR count). The van der Waals surface area contributed by atoms with Crippen LogP contribution in [0.15, 0.2) is 10.7 Å². The van der Waals surface area contributed by atoms with E-state index in [0.717, 1.165) is 12.8 Å². The smallest absolute Gasteiger partial charge is 0.291 e. The third kappa shape index (κ3) is 2.84. The number of rotatable bonds is 5. The van der Waals surface area contributed by atoms with Crippen LogP contribution in [-0.2, 0) is 0 Å². The molecule has 0 unspecified atom stereocenters. The highest BCUT2D eigenvalue weighted by Gasteiger charge is 2.32. The Bertz CT molecular complexity index is 551. The summed E-state index contributed by atoms with van der Waals surface area (Å²) in [6.45, 7) is 2.30. The van der Waals surface area contributed by atoms with E-state index in [9.17, 15) is 10.1 Å².